The van der Waals surface area contributed by atoms with Gasteiger partial charge in [0.2, 0.25) is 0 Å². The molecule has 3 heterocycles. The van der Waals surface area contributed by atoms with E-state index in [0.717, 1.165) is 43.8 Å². The maximum absolute atomic E-state index is 6.14. The summed E-state index contributed by atoms with van der Waals surface area (Å²) in [5.41, 5.74) is 9.75. The van der Waals surface area contributed by atoms with Gasteiger partial charge < -0.3 is 15.6 Å². The van der Waals surface area contributed by atoms with Crippen molar-refractivity contribution in [2.45, 2.75) is 32.1 Å². The van der Waals surface area contributed by atoms with Gasteiger partial charge in [-0.15, -0.1) is 0 Å². The van der Waals surface area contributed by atoms with Crippen LogP contribution in [0.4, 0.5) is 5.82 Å². The van der Waals surface area contributed by atoms with Crippen LogP contribution in [0.25, 0.3) is 11.0 Å². The Bertz CT molecular complexity index is 849. The van der Waals surface area contributed by atoms with Crippen LogP contribution in [-0.2, 0) is 6.42 Å². The molecule has 1 aromatic carbocycles. The first-order valence-electron chi connectivity index (χ1n) is 9.62. The van der Waals surface area contributed by atoms with Crippen LogP contribution in [0.15, 0.2) is 42.9 Å². The molecule has 26 heavy (non-hydrogen) atoms. The number of H-pyrrole nitrogens is 1. The SMILES string of the molecule is CCc1c[nH]c2ncnc(N3CCC(C(CN)c4ccccc4)CC3)c12. The normalized spacial score (nSPS) is 16.9. The maximum Gasteiger partial charge on any atom is 0.143 e. The smallest absolute Gasteiger partial charge is 0.143 e. The Morgan fingerprint density at radius 2 is 1.96 bits per heavy atom. The van der Waals surface area contributed by atoms with Crippen molar-refractivity contribution < 1.29 is 0 Å². The van der Waals surface area contributed by atoms with E-state index in [1.807, 2.05) is 0 Å². The Morgan fingerprint density at radius 1 is 1.19 bits per heavy atom. The lowest BCUT2D eigenvalue weighted by molar-refractivity contribution is 0.343. The maximum atomic E-state index is 6.14. The van der Waals surface area contributed by atoms with Gasteiger partial charge in [0.15, 0.2) is 0 Å². The highest BCUT2D eigenvalue weighted by Crippen LogP contribution is 2.35. The van der Waals surface area contributed by atoms with Crippen molar-refractivity contribution in [2.24, 2.45) is 11.7 Å². The minimum absolute atomic E-state index is 0.447. The molecule has 3 N–H and O–H groups in total. The third-order valence-electron chi connectivity index (χ3n) is 5.80. The minimum atomic E-state index is 0.447. The molecule has 1 fully saturated rings. The van der Waals surface area contributed by atoms with Gasteiger partial charge >= 0.3 is 0 Å². The molecule has 5 heteroatoms. The second kappa shape index (κ2) is 7.46. The molecule has 0 bridgehead atoms. The van der Waals surface area contributed by atoms with Gasteiger partial charge in [-0.25, -0.2) is 9.97 Å². The molecule has 1 aliphatic rings. The van der Waals surface area contributed by atoms with E-state index in [9.17, 15) is 0 Å². The van der Waals surface area contributed by atoms with Crippen molar-refractivity contribution in [3.8, 4) is 0 Å². The Kier molecular flexibility index (Phi) is 4.89. The zero-order valence-corrected chi connectivity index (χ0v) is 15.4. The summed E-state index contributed by atoms with van der Waals surface area (Å²) >= 11 is 0. The van der Waals surface area contributed by atoms with E-state index in [-0.39, 0.29) is 0 Å². The molecule has 0 radical (unpaired) electrons. The molecule has 0 spiro atoms. The number of hydrogen-bond donors (Lipinski definition) is 2. The summed E-state index contributed by atoms with van der Waals surface area (Å²) in [4.78, 5) is 14.7. The number of fused-ring (bicyclic) bond motifs is 1. The predicted octanol–water partition coefficient (Wildman–Crippen LogP) is 3.48. The molecule has 1 saturated heterocycles. The van der Waals surface area contributed by atoms with Crippen molar-refractivity contribution in [2.75, 3.05) is 24.5 Å². The summed E-state index contributed by atoms with van der Waals surface area (Å²) in [6.45, 7) is 4.93. The predicted molar refractivity (Wildman–Crippen MR) is 106 cm³/mol. The van der Waals surface area contributed by atoms with Crippen LogP contribution in [-0.4, -0.2) is 34.6 Å². The Morgan fingerprint density at radius 3 is 2.65 bits per heavy atom. The van der Waals surface area contributed by atoms with Gasteiger partial charge in [-0.2, -0.15) is 0 Å². The second-order valence-corrected chi connectivity index (χ2v) is 7.17. The van der Waals surface area contributed by atoms with Crippen LogP contribution in [0.1, 0.15) is 36.8 Å². The summed E-state index contributed by atoms with van der Waals surface area (Å²) < 4.78 is 0. The quantitative estimate of drug-likeness (QED) is 0.740. The molecule has 136 valence electrons. The third kappa shape index (κ3) is 3.07. The molecule has 5 nitrogen and oxygen atoms in total. The summed E-state index contributed by atoms with van der Waals surface area (Å²) in [5, 5.41) is 1.19. The number of hydrogen-bond acceptors (Lipinski definition) is 4. The molecule has 1 unspecified atom stereocenters. The number of rotatable bonds is 5. The number of piperidine rings is 1. The zero-order chi connectivity index (χ0) is 17.9. The molecular weight excluding hydrogens is 322 g/mol. The fourth-order valence-corrected chi connectivity index (χ4v) is 4.34. The Balaban J connectivity index is 1.53. The molecule has 3 aromatic rings. The van der Waals surface area contributed by atoms with E-state index in [1.54, 1.807) is 6.33 Å². The number of anilines is 1. The first kappa shape index (κ1) is 17.0. The van der Waals surface area contributed by atoms with Crippen LogP contribution in [0.5, 0.6) is 0 Å². The molecule has 0 amide bonds. The van der Waals surface area contributed by atoms with Crippen molar-refractivity contribution >= 4 is 16.9 Å². The van der Waals surface area contributed by atoms with Gasteiger partial charge in [0.05, 0.1) is 5.39 Å². The van der Waals surface area contributed by atoms with Crippen molar-refractivity contribution in [3.05, 3.63) is 54.0 Å². The van der Waals surface area contributed by atoms with E-state index < -0.39 is 0 Å². The molecule has 1 atom stereocenters. The van der Waals surface area contributed by atoms with Crippen LogP contribution < -0.4 is 10.6 Å². The Hall–Kier alpha value is -2.40. The second-order valence-electron chi connectivity index (χ2n) is 7.17. The van der Waals surface area contributed by atoms with Gasteiger partial charge in [0, 0.05) is 19.3 Å². The number of aryl methyl sites for hydroxylation is 1. The first-order chi connectivity index (χ1) is 12.8. The fraction of sp³-hybridized carbons (Fsp3) is 0.429. The van der Waals surface area contributed by atoms with E-state index in [0.29, 0.717) is 18.4 Å². The van der Waals surface area contributed by atoms with Gasteiger partial charge in [0.25, 0.3) is 0 Å². The average molecular weight is 349 g/mol. The van der Waals surface area contributed by atoms with Crippen molar-refractivity contribution in [1.29, 1.82) is 0 Å². The molecule has 0 saturated carbocycles. The number of nitrogens with zero attached hydrogens (tertiary/aromatic N) is 3. The zero-order valence-electron chi connectivity index (χ0n) is 15.4. The standard InChI is InChI=1S/C21H27N5/c1-2-15-13-23-20-19(15)21(25-14-24-20)26-10-8-17(9-11-26)18(12-22)16-6-4-3-5-7-16/h3-7,13-14,17-18H,2,8-12,22H2,1H3,(H,23,24,25). The lowest BCUT2D eigenvalue weighted by atomic mass is 9.80. The number of aromatic amines is 1. The summed E-state index contributed by atoms with van der Waals surface area (Å²) in [6.07, 6.45) is 7.02. The number of aromatic nitrogens is 3. The highest BCUT2D eigenvalue weighted by atomic mass is 15.2. The summed E-state index contributed by atoms with van der Waals surface area (Å²) in [5.74, 6) is 2.16. The molecule has 4 rings (SSSR count). The van der Waals surface area contributed by atoms with Crippen molar-refractivity contribution in [1.82, 2.24) is 15.0 Å². The molecular formula is C21H27N5. The van der Waals surface area contributed by atoms with E-state index >= 15 is 0 Å². The largest absolute Gasteiger partial charge is 0.356 e. The highest BCUT2D eigenvalue weighted by molar-refractivity contribution is 5.90. The van der Waals surface area contributed by atoms with E-state index in [1.165, 1.54) is 16.5 Å². The lowest BCUT2D eigenvalue weighted by Gasteiger charge is -2.36. The molecule has 2 aromatic heterocycles. The van der Waals surface area contributed by atoms with Gasteiger partial charge in [0.1, 0.15) is 17.8 Å². The average Bonchev–Trinajstić information content (AvgIpc) is 3.13. The number of nitrogens with two attached hydrogens (primary N) is 1. The summed E-state index contributed by atoms with van der Waals surface area (Å²) in [7, 11) is 0. The summed E-state index contributed by atoms with van der Waals surface area (Å²) in [6, 6.07) is 10.7. The Labute approximate surface area is 154 Å². The van der Waals surface area contributed by atoms with Crippen LogP contribution in [0.3, 0.4) is 0 Å². The van der Waals surface area contributed by atoms with Gasteiger partial charge in [-0.3, -0.25) is 0 Å². The number of nitrogens with one attached hydrogen (secondary N) is 1. The third-order valence-corrected chi connectivity index (χ3v) is 5.80. The van der Waals surface area contributed by atoms with Crippen LogP contribution in [0, 0.1) is 5.92 Å². The topological polar surface area (TPSA) is 70.8 Å². The first-order valence-corrected chi connectivity index (χ1v) is 9.62. The van der Waals surface area contributed by atoms with Crippen LogP contribution >= 0.6 is 0 Å². The van der Waals surface area contributed by atoms with Crippen molar-refractivity contribution in [3.63, 3.8) is 0 Å². The number of benzene rings is 1. The van der Waals surface area contributed by atoms with E-state index in [4.69, 9.17) is 5.73 Å². The molecule has 1 aliphatic heterocycles. The lowest BCUT2D eigenvalue weighted by Crippen LogP contribution is -2.37. The van der Waals surface area contributed by atoms with E-state index in [2.05, 4.69) is 63.3 Å². The van der Waals surface area contributed by atoms with Crippen LogP contribution in [0.2, 0.25) is 0 Å². The fourth-order valence-electron chi connectivity index (χ4n) is 4.34. The monoisotopic (exact) mass is 349 g/mol. The van der Waals surface area contributed by atoms with Gasteiger partial charge in [-0.05, 0) is 48.8 Å². The van der Waals surface area contributed by atoms with Gasteiger partial charge in [-0.1, -0.05) is 37.3 Å². The molecule has 0 aliphatic carbocycles. The highest BCUT2D eigenvalue weighted by Gasteiger charge is 2.28. The minimum Gasteiger partial charge on any atom is -0.356 e.